The summed E-state index contributed by atoms with van der Waals surface area (Å²) in [6.07, 6.45) is 4.49. The smallest absolute Gasteiger partial charge is 0.289 e. The summed E-state index contributed by atoms with van der Waals surface area (Å²) in [5, 5.41) is 2.10. The van der Waals surface area contributed by atoms with Crippen LogP contribution in [0.5, 0.6) is 5.75 Å². The van der Waals surface area contributed by atoms with Crippen molar-refractivity contribution in [3.8, 4) is 5.75 Å². The van der Waals surface area contributed by atoms with Crippen LogP contribution in [0.2, 0.25) is 0 Å². The molecule has 1 unspecified atom stereocenters. The first kappa shape index (κ1) is 19.4. The Morgan fingerprint density at radius 2 is 1.96 bits per heavy atom. The Balaban J connectivity index is 1.74. The van der Waals surface area contributed by atoms with Gasteiger partial charge in [-0.3, -0.25) is 14.5 Å². The van der Waals surface area contributed by atoms with Gasteiger partial charge in [-0.2, -0.15) is 4.91 Å². The molecule has 0 N–H and O–H groups in total. The first-order chi connectivity index (χ1) is 12.2. The van der Waals surface area contributed by atoms with Crippen molar-refractivity contribution in [2.45, 2.75) is 44.3 Å². The number of benzene rings is 1. The first-order valence-corrected chi connectivity index (χ1v) is 9.56. The molecule has 6 nitrogen and oxygen atoms in total. The molecule has 1 aliphatic heterocycles. The van der Waals surface area contributed by atoms with Gasteiger partial charge in [-0.05, 0) is 43.4 Å². The van der Waals surface area contributed by atoms with E-state index in [1.807, 2.05) is 24.3 Å². The van der Waals surface area contributed by atoms with E-state index in [1.165, 1.54) is 5.56 Å². The van der Waals surface area contributed by atoms with Gasteiger partial charge in [0.1, 0.15) is 5.75 Å². The summed E-state index contributed by atoms with van der Waals surface area (Å²) in [6.45, 7) is 2.91. The van der Waals surface area contributed by atoms with Gasteiger partial charge in [-0.25, -0.2) is 0 Å². The number of hydrogen-bond acceptors (Lipinski definition) is 6. The van der Waals surface area contributed by atoms with E-state index in [0.717, 1.165) is 54.7 Å². The molecule has 0 bridgehead atoms. The van der Waals surface area contributed by atoms with Crippen molar-refractivity contribution in [3.63, 3.8) is 0 Å². The minimum absolute atomic E-state index is 0.0442. The lowest BCUT2D eigenvalue weighted by molar-refractivity contribution is -0.126. The average Bonchev–Trinajstić information content (AvgIpc) is 2.88. The Morgan fingerprint density at radius 1 is 1.20 bits per heavy atom. The molecule has 0 radical (unpaired) electrons. The second-order valence-electron chi connectivity index (χ2n) is 5.95. The standard InChI is InChI=1S/C18H24N2O4S/c1-2-3-13-24-15-9-7-14(8-10-15)5-4-6-16-17(21)20(12-11-19-23)18(22)25-16/h7-10,16H,2-6,11-13H2,1H3. The van der Waals surface area contributed by atoms with Gasteiger partial charge >= 0.3 is 0 Å². The van der Waals surface area contributed by atoms with Gasteiger partial charge in [-0.15, -0.1) is 0 Å². The van der Waals surface area contributed by atoms with E-state index in [-0.39, 0.29) is 29.5 Å². The number of carbonyl (C=O) groups excluding carboxylic acids is 2. The highest BCUT2D eigenvalue weighted by atomic mass is 32.2. The molecule has 0 aliphatic carbocycles. The van der Waals surface area contributed by atoms with E-state index in [0.29, 0.717) is 6.42 Å². The first-order valence-electron chi connectivity index (χ1n) is 8.68. The quantitative estimate of drug-likeness (QED) is 0.438. The number of rotatable bonds is 11. The number of unbranched alkanes of at least 4 members (excludes halogenated alkanes) is 1. The Kier molecular flexibility index (Phi) is 7.91. The van der Waals surface area contributed by atoms with E-state index in [4.69, 9.17) is 4.74 Å². The van der Waals surface area contributed by atoms with Crippen molar-refractivity contribution in [2.24, 2.45) is 5.18 Å². The number of thioether (sulfide) groups is 1. The molecule has 0 spiro atoms. The van der Waals surface area contributed by atoms with Crippen molar-refractivity contribution in [1.82, 2.24) is 4.90 Å². The molecule has 7 heteroatoms. The largest absolute Gasteiger partial charge is 0.494 e. The van der Waals surface area contributed by atoms with Crippen LogP contribution in [-0.2, 0) is 11.2 Å². The lowest BCUT2D eigenvalue weighted by Gasteiger charge is -2.11. The number of ether oxygens (including phenoxy) is 1. The highest BCUT2D eigenvalue weighted by Crippen LogP contribution is 2.30. The molecule has 0 saturated carbocycles. The number of nitroso groups, excluding NO2 is 1. The molecule has 1 fully saturated rings. The second kappa shape index (κ2) is 10.2. The van der Waals surface area contributed by atoms with Crippen LogP contribution in [-0.4, -0.2) is 41.0 Å². The van der Waals surface area contributed by atoms with Crippen molar-refractivity contribution in [2.75, 3.05) is 19.7 Å². The maximum absolute atomic E-state index is 12.2. The molecule has 1 atom stereocenters. The number of carbonyl (C=O) groups is 2. The van der Waals surface area contributed by atoms with Crippen molar-refractivity contribution in [1.29, 1.82) is 0 Å². The molecule has 1 aromatic carbocycles. The number of imide groups is 1. The van der Waals surface area contributed by atoms with Crippen LogP contribution >= 0.6 is 11.8 Å². The monoisotopic (exact) mass is 364 g/mol. The molecule has 1 saturated heterocycles. The van der Waals surface area contributed by atoms with Crippen LogP contribution in [0.25, 0.3) is 0 Å². The fourth-order valence-electron chi connectivity index (χ4n) is 2.60. The Labute approximate surface area is 152 Å². The zero-order valence-corrected chi connectivity index (χ0v) is 15.3. The van der Waals surface area contributed by atoms with Gasteiger partial charge in [0.15, 0.2) is 0 Å². The molecule has 2 rings (SSSR count). The molecule has 136 valence electrons. The molecule has 1 aromatic rings. The maximum Gasteiger partial charge on any atom is 0.289 e. The predicted molar refractivity (Wildman–Crippen MR) is 98.9 cm³/mol. The third-order valence-corrected chi connectivity index (χ3v) is 5.19. The third kappa shape index (κ3) is 5.85. The van der Waals surface area contributed by atoms with Gasteiger partial charge < -0.3 is 4.74 Å². The van der Waals surface area contributed by atoms with Crippen molar-refractivity contribution >= 4 is 22.9 Å². The molecular weight excluding hydrogens is 340 g/mol. The van der Waals surface area contributed by atoms with Gasteiger partial charge in [-0.1, -0.05) is 42.4 Å². The SMILES string of the molecule is CCCCOc1ccc(CCCC2SC(=O)N(CCN=O)C2=O)cc1. The summed E-state index contributed by atoms with van der Waals surface area (Å²) in [7, 11) is 0. The Bertz CT molecular complexity index is 591. The molecular formula is C18H24N2O4S. The third-order valence-electron chi connectivity index (χ3n) is 4.04. The van der Waals surface area contributed by atoms with Gasteiger partial charge in [0.2, 0.25) is 5.91 Å². The Hall–Kier alpha value is -1.89. The summed E-state index contributed by atoms with van der Waals surface area (Å²) < 4.78 is 5.64. The van der Waals surface area contributed by atoms with Gasteiger partial charge in [0.05, 0.1) is 24.9 Å². The lowest BCUT2D eigenvalue weighted by Crippen LogP contribution is -2.33. The van der Waals surface area contributed by atoms with Crippen LogP contribution in [0.1, 0.15) is 38.2 Å². The summed E-state index contributed by atoms with van der Waals surface area (Å²) in [5.41, 5.74) is 1.19. The maximum atomic E-state index is 12.2. The number of amides is 2. The summed E-state index contributed by atoms with van der Waals surface area (Å²) >= 11 is 1.05. The summed E-state index contributed by atoms with van der Waals surface area (Å²) in [6, 6.07) is 8.02. The topological polar surface area (TPSA) is 76.0 Å². The summed E-state index contributed by atoms with van der Waals surface area (Å²) in [4.78, 5) is 35.3. The fraction of sp³-hybridized carbons (Fsp3) is 0.556. The molecule has 0 aromatic heterocycles. The van der Waals surface area contributed by atoms with Gasteiger partial charge in [0.25, 0.3) is 5.24 Å². The fourth-order valence-corrected chi connectivity index (χ4v) is 3.67. The lowest BCUT2D eigenvalue weighted by atomic mass is 10.1. The average molecular weight is 364 g/mol. The van der Waals surface area contributed by atoms with E-state index in [1.54, 1.807) is 0 Å². The minimum Gasteiger partial charge on any atom is -0.494 e. The molecule has 25 heavy (non-hydrogen) atoms. The molecule has 1 heterocycles. The van der Waals surface area contributed by atoms with Crippen LogP contribution in [0.4, 0.5) is 4.79 Å². The van der Waals surface area contributed by atoms with Crippen LogP contribution in [0.15, 0.2) is 29.4 Å². The van der Waals surface area contributed by atoms with Crippen LogP contribution in [0, 0.1) is 4.91 Å². The van der Waals surface area contributed by atoms with Gasteiger partial charge in [0, 0.05) is 0 Å². The zero-order valence-electron chi connectivity index (χ0n) is 14.5. The minimum atomic E-state index is -0.337. The van der Waals surface area contributed by atoms with E-state index >= 15 is 0 Å². The Morgan fingerprint density at radius 3 is 2.64 bits per heavy atom. The molecule has 1 aliphatic rings. The number of nitrogens with zero attached hydrogens (tertiary/aromatic N) is 2. The van der Waals surface area contributed by atoms with E-state index < -0.39 is 0 Å². The normalized spacial score (nSPS) is 17.2. The van der Waals surface area contributed by atoms with E-state index in [9.17, 15) is 14.5 Å². The highest BCUT2D eigenvalue weighted by Gasteiger charge is 2.38. The zero-order chi connectivity index (χ0) is 18.1. The van der Waals surface area contributed by atoms with Crippen molar-refractivity contribution in [3.05, 3.63) is 34.7 Å². The second-order valence-corrected chi connectivity index (χ2v) is 7.11. The highest BCUT2D eigenvalue weighted by molar-refractivity contribution is 8.15. The van der Waals surface area contributed by atoms with E-state index in [2.05, 4.69) is 12.1 Å². The number of hydrogen-bond donors (Lipinski definition) is 0. The van der Waals surface area contributed by atoms with Crippen LogP contribution in [0.3, 0.4) is 0 Å². The molecule has 2 amide bonds. The van der Waals surface area contributed by atoms with Crippen LogP contribution < -0.4 is 4.74 Å². The number of aryl methyl sites for hydroxylation is 1. The summed E-state index contributed by atoms with van der Waals surface area (Å²) in [5.74, 6) is 0.682. The van der Waals surface area contributed by atoms with Crippen molar-refractivity contribution < 1.29 is 14.3 Å². The predicted octanol–water partition coefficient (Wildman–Crippen LogP) is 4.02.